The SMILES string of the molecule is O=C1NC(c2ccccc2)=C(C(=O)c2ccccc2)[C@@H](c2ccc(Br)cc2)N1. The van der Waals surface area contributed by atoms with Crippen LogP contribution in [-0.4, -0.2) is 11.8 Å². The molecule has 1 aliphatic rings. The van der Waals surface area contributed by atoms with Crippen molar-refractivity contribution < 1.29 is 9.59 Å². The molecule has 0 fully saturated rings. The number of nitrogens with one attached hydrogen (secondary N) is 2. The smallest absolute Gasteiger partial charge is 0.320 e. The van der Waals surface area contributed by atoms with Gasteiger partial charge in [0.05, 0.1) is 17.3 Å². The lowest BCUT2D eigenvalue weighted by Crippen LogP contribution is -2.45. The van der Waals surface area contributed by atoms with E-state index in [-0.39, 0.29) is 11.8 Å². The first-order chi connectivity index (χ1) is 13.6. The van der Waals surface area contributed by atoms with Crippen LogP contribution in [0, 0.1) is 0 Å². The van der Waals surface area contributed by atoms with Gasteiger partial charge in [-0.05, 0) is 23.3 Å². The zero-order chi connectivity index (χ0) is 19.5. The van der Waals surface area contributed by atoms with E-state index in [1.165, 1.54) is 0 Å². The predicted octanol–water partition coefficient (Wildman–Crippen LogP) is 5.10. The van der Waals surface area contributed by atoms with Gasteiger partial charge in [-0.1, -0.05) is 88.7 Å². The number of halogens is 1. The maximum absolute atomic E-state index is 13.5. The third-order valence-corrected chi connectivity index (χ3v) is 5.15. The Morgan fingerprint density at radius 2 is 1.43 bits per heavy atom. The molecule has 3 aromatic rings. The summed E-state index contributed by atoms with van der Waals surface area (Å²) in [5.74, 6) is -0.125. The third kappa shape index (κ3) is 3.62. The minimum Gasteiger partial charge on any atom is -0.327 e. The van der Waals surface area contributed by atoms with Crippen molar-refractivity contribution >= 4 is 33.4 Å². The summed E-state index contributed by atoms with van der Waals surface area (Å²) in [6.45, 7) is 0. The first-order valence-corrected chi connectivity index (χ1v) is 9.65. The van der Waals surface area contributed by atoms with Gasteiger partial charge in [-0.3, -0.25) is 4.79 Å². The molecular formula is C23H17BrN2O2. The quantitative estimate of drug-likeness (QED) is 0.563. The molecule has 4 rings (SSSR count). The lowest BCUT2D eigenvalue weighted by atomic mass is 9.87. The molecule has 2 N–H and O–H groups in total. The molecule has 0 unspecified atom stereocenters. The zero-order valence-corrected chi connectivity index (χ0v) is 16.4. The molecule has 1 aliphatic heterocycles. The molecule has 2 amide bonds. The van der Waals surface area contributed by atoms with Gasteiger partial charge in [-0.2, -0.15) is 0 Å². The van der Waals surface area contributed by atoms with Gasteiger partial charge in [0.15, 0.2) is 5.78 Å². The van der Waals surface area contributed by atoms with Gasteiger partial charge in [0.25, 0.3) is 0 Å². The Morgan fingerprint density at radius 3 is 2.07 bits per heavy atom. The lowest BCUT2D eigenvalue weighted by molar-refractivity contribution is 0.102. The molecule has 0 aliphatic carbocycles. The molecular weight excluding hydrogens is 416 g/mol. The first kappa shape index (κ1) is 18.2. The number of hydrogen-bond donors (Lipinski definition) is 2. The lowest BCUT2D eigenvalue weighted by Gasteiger charge is -2.30. The molecule has 0 saturated carbocycles. The largest absolute Gasteiger partial charge is 0.327 e. The third-order valence-electron chi connectivity index (χ3n) is 4.62. The number of Topliss-reactive ketones (excluding diaryl/α,β-unsaturated/α-hetero) is 1. The van der Waals surface area contributed by atoms with E-state index in [0.717, 1.165) is 15.6 Å². The van der Waals surface area contributed by atoms with Crippen molar-refractivity contribution in [3.63, 3.8) is 0 Å². The summed E-state index contributed by atoms with van der Waals surface area (Å²) in [7, 11) is 0. The van der Waals surface area contributed by atoms with E-state index >= 15 is 0 Å². The molecule has 3 aromatic carbocycles. The van der Waals surface area contributed by atoms with Gasteiger partial charge in [0, 0.05) is 10.0 Å². The van der Waals surface area contributed by atoms with Crippen LogP contribution in [0.3, 0.4) is 0 Å². The molecule has 0 radical (unpaired) electrons. The van der Waals surface area contributed by atoms with E-state index in [1.54, 1.807) is 12.1 Å². The number of ketones is 1. The standard InChI is InChI=1S/C23H17BrN2O2/c24-18-13-11-16(12-14-18)21-19(22(27)17-9-5-2-6-10-17)20(25-23(28)26-21)15-7-3-1-4-8-15/h1-14,21H,(H2,25,26,28)/t21-/m1/s1. The highest BCUT2D eigenvalue weighted by atomic mass is 79.9. The Hall–Kier alpha value is -3.18. The molecule has 4 nitrogen and oxygen atoms in total. The molecule has 0 bridgehead atoms. The monoisotopic (exact) mass is 432 g/mol. The zero-order valence-electron chi connectivity index (χ0n) is 14.9. The van der Waals surface area contributed by atoms with Crippen molar-refractivity contribution in [3.8, 4) is 0 Å². The van der Waals surface area contributed by atoms with Gasteiger partial charge >= 0.3 is 6.03 Å². The van der Waals surface area contributed by atoms with Crippen LogP contribution < -0.4 is 10.6 Å². The van der Waals surface area contributed by atoms with Crippen LogP contribution in [0.1, 0.15) is 27.5 Å². The molecule has 138 valence electrons. The van der Waals surface area contributed by atoms with Crippen molar-refractivity contribution in [3.05, 3.63) is 112 Å². The normalized spacial score (nSPS) is 16.3. The van der Waals surface area contributed by atoms with E-state index in [2.05, 4.69) is 26.6 Å². The average molecular weight is 433 g/mol. The number of hydrogen-bond acceptors (Lipinski definition) is 2. The van der Waals surface area contributed by atoms with Gasteiger partial charge in [0.1, 0.15) is 0 Å². The number of benzene rings is 3. The molecule has 0 spiro atoms. The van der Waals surface area contributed by atoms with Crippen LogP contribution in [0.2, 0.25) is 0 Å². The van der Waals surface area contributed by atoms with Crippen LogP contribution in [0.4, 0.5) is 4.79 Å². The van der Waals surface area contributed by atoms with E-state index < -0.39 is 6.04 Å². The summed E-state index contributed by atoms with van der Waals surface area (Å²) in [5.41, 5.74) is 3.25. The highest BCUT2D eigenvalue weighted by Crippen LogP contribution is 2.33. The fourth-order valence-electron chi connectivity index (χ4n) is 3.29. The van der Waals surface area contributed by atoms with Crippen LogP contribution >= 0.6 is 15.9 Å². The number of rotatable bonds is 4. The van der Waals surface area contributed by atoms with E-state index in [1.807, 2.05) is 72.8 Å². The highest BCUT2D eigenvalue weighted by molar-refractivity contribution is 9.10. The number of amides is 2. The van der Waals surface area contributed by atoms with Crippen molar-refractivity contribution in [1.29, 1.82) is 0 Å². The molecule has 5 heteroatoms. The molecule has 0 saturated heterocycles. The molecule has 1 atom stereocenters. The Labute approximate surface area is 171 Å². The van der Waals surface area contributed by atoms with E-state index in [9.17, 15) is 9.59 Å². The van der Waals surface area contributed by atoms with Crippen LogP contribution in [0.25, 0.3) is 5.70 Å². The second-order valence-electron chi connectivity index (χ2n) is 6.43. The Morgan fingerprint density at radius 1 is 0.821 bits per heavy atom. The van der Waals surface area contributed by atoms with Crippen molar-refractivity contribution in [2.75, 3.05) is 0 Å². The van der Waals surface area contributed by atoms with Crippen molar-refractivity contribution in [2.24, 2.45) is 0 Å². The molecule has 1 heterocycles. The topological polar surface area (TPSA) is 58.2 Å². The molecule has 28 heavy (non-hydrogen) atoms. The van der Waals surface area contributed by atoms with Gasteiger partial charge in [0.2, 0.25) is 0 Å². The van der Waals surface area contributed by atoms with Crippen molar-refractivity contribution in [1.82, 2.24) is 10.6 Å². The second-order valence-corrected chi connectivity index (χ2v) is 7.35. The summed E-state index contributed by atoms with van der Waals surface area (Å²) in [4.78, 5) is 25.9. The van der Waals surface area contributed by atoms with Crippen LogP contribution in [0.5, 0.6) is 0 Å². The van der Waals surface area contributed by atoms with Gasteiger partial charge in [-0.15, -0.1) is 0 Å². The number of urea groups is 1. The fourth-order valence-corrected chi connectivity index (χ4v) is 3.56. The predicted molar refractivity (Wildman–Crippen MR) is 113 cm³/mol. The minimum atomic E-state index is -0.551. The van der Waals surface area contributed by atoms with Crippen LogP contribution in [-0.2, 0) is 0 Å². The summed E-state index contributed by atoms with van der Waals surface area (Å²) < 4.78 is 0.930. The number of carbonyl (C=O) groups excluding carboxylic acids is 2. The van der Waals surface area contributed by atoms with Crippen LogP contribution in [0.15, 0.2) is 95.0 Å². The Bertz CT molecular complexity index is 1040. The summed E-state index contributed by atoms with van der Waals surface area (Å²) in [5, 5.41) is 5.75. The van der Waals surface area contributed by atoms with E-state index in [4.69, 9.17) is 0 Å². The Kier molecular flexibility index (Phi) is 5.08. The van der Waals surface area contributed by atoms with E-state index in [0.29, 0.717) is 16.8 Å². The van der Waals surface area contributed by atoms with Crippen molar-refractivity contribution in [2.45, 2.75) is 6.04 Å². The first-order valence-electron chi connectivity index (χ1n) is 8.86. The number of carbonyl (C=O) groups is 2. The maximum atomic E-state index is 13.5. The highest BCUT2D eigenvalue weighted by Gasteiger charge is 2.33. The summed E-state index contributed by atoms with van der Waals surface area (Å²) in [6.07, 6.45) is 0. The second kappa shape index (κ2) is 7.82. The average Bonchev–Trinajstić information content (AvgIpc) is 2.74. The van der Waals surface area contributed by atoms with Gasteiger partial charge in [-0.25, -0.2) is 4.79 Å². The summed E-state index contributed by atoms with van der Waals surface area (Å²) in [6, 6.07) is 25.3. The summed E-state index contributed by atoms with van der Waals surface area (Å²) >= 11 is 3.43. The minimum absolute atomic E-state index is 0.125. The fraction of sp³-hybridized carbons (Fsp3) is 0.0435. The molecule has 0 aromatic heterocycles. The maximum Gasteiger partial charge on any atom is 0.320 e. The van der Waals surface area contributed by atoms with Gasteiger partial charge < -0.3 is 10.6 Å². The Balaban J connectivity index is 1.92.